The van der Waals surface area contributed by atoms with E-state index >= 15 is 0 Å². The van der Waals surface area contributed by atoms with E-state index in [4.69, 9.17) is 16.3 Å². The number of hydrogen-bond donors (Lipinski definition) is 0. The first kappa shape index (κ1) is 9.49. The van der Waals surface area contributed by atoms with Gasteiger partial charge in [-0.25, -0.2) is 4.98 Å². The lowest BCUT2D eigenvalue weighted by Gasteiger charge is -2.02. The number of ether oxygens (including phenoxy) is 1. The van der Waals surface area contributed by atoms with Crippen molar-refractivity contribution in [2.45, 2.75) is 13.5 Å². The summed E-state index contributed by atoms with van der Waals surface area (Å²) in [6, 6.07) is 1.88. The maximum absolute atomic E-state index is 5.96. The summed E-state index contributed by atoms with van der Waals surface area (Å²) in [6.07, 6.45) is 3.79. The first-order valence-corrected chi connectivity index (χ1v) is 4.71. The van der Waals surface area contributed by atoms with Crippen LogP contribution in [0.5, 0.6) is 0 Å². The van der Waals surface area contributed by atoms with Crippen LogP contribution in [0.1, 0.15) is 11.3 Å². The Kier molecular flexibility index (Phi) is 2.44. The number of rotatable bonds is 2. The molecule has 0 aliphatic heterocycles. The highest BCUT2D eigenvalue weighted by atomic mass is 35.5. The van der Waals surface area contributed by atoms with Gasteiger partial charge in [-0.3, -0.25) is 0 Å². The van der Waals surface area contributed by atoms with Crippen LogP contribution in [-0.2, 0) is 11.3 Å². The molecule has 2 rings (SSSR count). The normalized spacial score (nSPS) is 11.1. The standard InChI is InChI=1S/C10H11ClN2O/c1-7-4-13-5-9(11)3-8(6-14-2)10(13)12-7/h3-5H,6H2,1-2H3. The summed E-state index contributed by atoms with van der Waals surface area (Å²) in [7, 11) is 1.66. The molecule has 0 spiro atoms. The van der Waals surface area contributed by atoms with Gasteiger partial charge in [0, 0.05) is 25.1 Å². The van der Waals surface area contributed by atoms with Gasteiger partial charge in [0.25, 0.3) is 0 Å². The molecule has 0 fully saturated rings. The molecule has 0 N–H and O–H groups in total. The van der Waals surface area contributed by atoms with Gasteiger partial charge < -0.3 is 9.14 Å². The summed E-state index contributed by atoms with van der Waals surface area (Å²) in [5.74, 6) is 0. The monoisotopic (exact) mass is 210 g/mol. The Morgan fingerprint density at radius 2 is 2.29 bits per heavy atom. The molecule has 0 amide bonds. The smallest absolute Gasteiger partial charge is 0.142 e. The maximum Gasteiger partial charge on any atom is 0.142 e. The summed E-state index contributed by atoms with van der Waals surface area (Å²) in [6.45, 7) is 2.48. The third-order valence-corrected chi connectivity index (χ3v) is 2.22. The zero-order valence-electron chi connectivity index (χ0n) is 8.12. The molecule has 4 heteroatoms. The third kappa shape index (κ3) is 1.61. The first-order chi connectivity index (χ1) is 6.70. The number of methoxy groups -OCH3 is 1. The van der Waals surface area contributed by atoms with Crippen LogP contribution in [0.25, 0.3) is 5.65 Å². The fraction of sp³-hybridized carbons (Fsp3) is 0.300. The molecule has 0 unspecified atom stereocenters. The van der Waals surface area contributed by atoms with Crippen LogP contribution in [0.4, 0.5) is 0 Å². The van der Waals surface area contributed by atoms with Gasteiger partial charge in [-0.15, -0.1) is 0 Å². The minimum atomic E-state index is 0.528. The van der Waals surface area contributed by atoms with Gasteiger partial charge in [0.15, 0.2) is 0 Å². The fourth-order valence-corrected chi connectivity index (χ4v) is 1.75. The zero-order valence-corrected chi connectivity index (χ0v) is 8.88. The Morgan fingerprint density at radius 3 is 3.00 bits per heavy atom. The highest BCUT2D eigenvalue weighted by Crippen LogP contribution is 2.17. The molecular formula is C10H11ClN2O. The number of pyridine rings is 1. The van der Waals surface area contributed by atoms with Gasteiger partial charge in [0.05, 0.1) is 17.3 Å². The van der Waals surface area contributed by atoms with E-state index in [0.29, 0.717) is 11.6 Å². The molecule has 0 saturated carbocycles. The summed E-state index contributed by atoms with van der Waals surface area (Å²) in [5.41, 5.74) is 2.89. The predicted octanol–water partition coefficient (Wildman–Crippen LogP) is 2.44. The van der Waals surface area contributed by atoms with E-state index in [-0.39, 0.29) is 0 Å². The summed E-state index contributed by atoms with van der Waals surface area (Å²) < 4.78 is 7.01. The Hall–Kier alpha value is -1.06. The van der Waals surface area contributed by atoms with Crippen LogP contribution in [0.15, 0.2) is 18.5 Å². The molecule has 0 aromatic carbocycles. The quantitative estimate of drug-likeness (QED) is 0.761. The average molecular weight is 211 g/mol. The second-order valence-electron chi connectivity index (χ2n) is 3.23. The van der Waals surface area contributed by atoms with Crippen molar-refractivity contribution in [1.82, 2.24) is 9.38 Å². The predicted molar refractivity (Wildman–Crippen MR) is 55.7 cm³/mol. The van der Waals surface area contributed by atoms with Crippen molar-refractivity contribution >= 4 is 17.2 Å². The number of fused-ring (bicyclic) bond motifs is 1. The Labute approximate surface area is 87.3 Å². The SMILES string of the molecule is COCc1cc(Cl)cn2cc(C)nc12. The largest absolute Gasteiger partial charge is 0.380 e. The van der Waals surface area contributed by atoms with Crippen molar-refractivity contribution < 1.29 is 4.74 Å². The fourth-order valence-electron chi connectivity index (χ4n) is 1.51. The summed E-state index contributed by atoms with van der Waals surface area (Å²) in [4.78, 5) is 4.40. The maximum atomic E-state index is 5.96. The van der Waals surface area contributed by atoms with Crippen molar-refractivity contribution in [3.05, 3.63) is 34.7 Å². The Balaban J connectivity index is 2.66. The number of aryl methyl sites for hydroxylation is 1. The second-order valence-corrected chi connectivity index (χ2v) is 3.67. The molecule has 2 heterocycles. The molecular weight excluding hydrogens is 200 g/mol. The van der Waals surface area contributed by atoms with Gasteiger partial charge in [-0.2, -0.15) is 0 Å². The number of nitrogens with zero attached hydrogens (tertiary/aromatic N) is 2. The Bertz CT molecular complexity index is 464. The lowest BCUT2D eigenvalue weighted by atomic mass is 10.3. The molecule has 74 valence electrons. The molecule has 0 aliphatic carbocycles. The van der Waals surface area contributed by atoms with Crippen LogP contribution < -0.4 is 0 Å². The van der Waals surface area contributed by atoms with E-state index in [1.54, 1.807) is 7.11 Å². The lowest BCUT2D eigenvalue weighted by Crippen LogP contribution is -1.94. The first-order valence-electron chi connectivity index (χ1n) is 4.33. The van der Waals surface area contributed by atoms with E-state index in [2.05, 4.69) is 4.98 Å². The molecule has 3 nitrogen and oxygen atoms in total. The van der Waals surface area contributed by atoms with E-state index in [0.717, 1.165) is 16.9 Å². The van der Waals surface area contributed by atoms with Gasteiger partial charge in [0.2, 0.25) is 0 Å². The molecule has 0 saturated heterocycles. The van der Waals surface area contributed by atoms with Crippen molar-refractivity contribution in [1.29, 1.82) is 0 Å². The topological polar surface area (TPSA) is 26.5 Å². The number of hydrogen-bond acceptors (Lipinski definition) is 2. The van der Waals surface area contributed by atoms with Crippen LogP contribution in [-0.4, -0.2) is 16.5 Å². The highest BCUT2D eigenvalue weighted by Gasteiger charge is 2.05. The molecule has 2 aromatic heterocycles. The molecule has 0 atom stereocenters. The highest BCUT2D eigenvalue weighted by molar-refractivity contribution is 6.30. The van der Waals surface area contributed by atoms with Crippen LogP contribution >= 0.6 is 11.6 Å². The third-order valence-electron chi connectivity index (χ3n) is 2.01. The Morgan fingerprint density at radius 1 is 1.50 bits per heavy atom. The minimum Gasteiger partial charge on any atom is -0.380 e. The molecule has 0 radical (unpaired) electrons. The van der Waals surface area contributed by atoms with E-state index in [9.17, 15) is 0 Å². The van der Waals surface area contributed by atoms with Gasteiger partial charge in [-0.05, 0) is 13.0 Å². The molecule has 0 aliphatic rings. The zero-order chi connectivity index (χ0) is 10.1. The summed E-state index contributed by atoms with van der Waals surface area (Å²) in [5, 5.41) is 0.696. The van der Waals surface area contributed by atoms with Crippen LogP contribution in [0.2, 0.25) is 5.02 Å². The summed E-state index contributed by atoms with van der Waals surface area (Å²) >= 11 is 5.96. The number of imidazole rings is 1. The molecule has 0 bridgehead atoms. The van der Waals surface area contributed by atoms with E-state index in [1.807, 2.05) is 29.8 Å². The van der Waals surface area contributed by atoms with Gasteiger partial charge in [0.1, 0.15) is 5.65 Å². The number of aromatic nitrogens is 2. The molecule has 14 heavy (non-hydrogen) atoms. The van der Waals surface area contributed by atoms with Crippen molar-refractivity contribution in [3.63, 3.8) is 0 Å². The van der Waals surface area contributed by atoms with Crippen LogP contribution in [0, 0.1) is 6.92 Å². The average Bonchev–Trinajstić information content (AvgIpc) is 2.45. The second kappa shape index (κ2) is 3.59. The number of halogens is 1. The van der Waals surface area contributed by atoms with Crippen molar-refractivity contribution in [2.75, 3.05) is 7.11 Å². The van der Waals surface area contributed by atoms with E-state index < -0.39 is 0 Å². The van der Waals surface area contributed by atoms with Gasteiger partial charge in [-0.1, -0.05) is 11.6 Å². The lowest BCUT2D eigenvalue weighted by molar-refractivity contribution is 0.185. The minimum absolute atomic E-state index is 0.528. The van der Waals surface area contributed by atoms with Crippen LogP contribution in [0.3, 0.4) is 0 Å². The van der Waals surface area contributed by atoms with Crippen molar-refractivity contribution in [2.24, 2.45) is 0 Å². The van der Waals surface area contributed by atoms with Crippen molar-refractivity contribution in [3.8, 4) is 0 Å². The molecule has 2 aromatic rings. The van der Waals surface area contributed by atoms with Gasteiger partial charge >= 0.3 is 0 Å². The van der Waals surface area contributed by atoms with E-state index in [1.165, 1.54) is 0 Å².